The summed E-state index contributed by atoms with van der Waals surface area (Å²) in [4.78, 5) is 11.8. The van der Waals surface area contributed by atoms with Gasteiger partial charge in [0.2, 0.25) is 10.0 Å². The first-order valence-corrected chi connectivity index (χ1v) is 7.81. The van der Waals surface area contributed by atoms with Gasteiger partial charge in [-0.3, -0.25) is 4.79 Å². The molecule has 0 heterocycles. The number of ketones is 1. The van der Waals surface area contributed by atoms with Gasteiger partial charge in [-0.15, -0.1) is 0 Å². The lowest BCUT2D eigenvalue weighted by Crippen LogP contribution is -2.36. The van der Waals surface area contributed by atoms with E-state index in [1.165, 1.54) is 24.3 Å². The van der Waals surface area contributed by atoms with Gasteiger partial charge in [-0.05, 0) is 37.1 Å². The molecule has 0 saturated heterocycles. The van der Waals surface area contributed by atoms with Gasteiger partial charge in [0.05, 0.1) is 11.8 Å². The van der Waals surface area contributed by atoms with Gasteiger partial charge in [0.1, 0.15) is 5.82 Å². The van der Waals surface area contributed by atoms with E-state index >= 15 is 0 Å². The Balaban J connectivity index is 1.94. The Bertz CT molecular complexity index is 548. The highest BCUT2D eigenvalue weighted by atomic mass is 32.2. The molecule has 0 amide bonds. The second-order valence-corrected chi connectivity index (χ2v) is 6.75. The van der Waals surface area contributed by atoms with Gasteiger partial charge in [0.25, 0.3) is 0 Å². The molecule has 0 bridgehead atoms. The van der Waals surface area contributed by atoms with Gasteiger partial charge in [-0.25, -0.2) is 17.5 Å². The number of hydrogen-bond acceptors (Lipinski definition) is 3. The van der Waals surface area contributed by atoms with Crippen LogP contribution in [0.5, 0.6) is 0 Å². The van der Waals surface area contributed by atoms with E-state index in [1.54, 1.807) is 0 Å². The Labute approximate surface area is 112 Å². The molecule has 104 valence electrons. The highest BCUT2D eigenvalue weighted by Gasteiger charge is 2.28. The lowest BCUT2D eigenvalue weighted by Gasteiger charge is -2.11. The smallest absolute Gasteiger partial charge is 0.214 e. The molecule has 0 radical (unpaired) electrons. The molecule has 1 aromatic rings. The fourth-order valence-corrected chi connectivity index (χ4v) is 3.74. The largest absolute Gasteiger partial charge is 0.293 e. The predicted molar refractivity (Wildman–Crippen MR) is 69.9 cm³/mol. The molecule has 6 heteroatoms. The Morgan fingerprint density at radius 2 is 1.79 bits per heavy atom. The van der Waals surface area contributed by atoms with Crippen LogP contribution in [0.2, 0.25) is 0 Å². The standard InChI is InChI=1S/C13H16FNO3S/c14-11-7-5-10(6-8-11)13(16)9-15-19(17,18)12-3-1-2-4-12/h5-8,12,15H,1-4,9H2. The molecule has 4 nitrogen and oxygen atoms in total. The average molecular weight is 285 g/mol. The number of Topliss-reactive ketones (excluding diaryl/α,β-unsaturated/α-hetero) is 1. The van der Waals surface area contributed by atoms with Crippen molar-refractivity contribution in [3.63, 3.8) is 0 Å². The molecule has 1 aliphatic carbocycles. The van der Waals surface area contributed by atoms with E-state index in [-0.39, 0.29) is 17.6 Å². The highest BCUT2D eigenvalue weighted by Crippen LogP contribution is 2.23. The third kappa shape index (κ3) is 3.61. The van der Waals surface area contributed by atoms with Crippen molar-refractivity contribution in [3.8, 4) is 0 Å². The first-order valence-electron chi connectivity index (χ1n) is 6.26. The van der Waals surface area contributed by atoms with Crippen molar-refractivity contribution in [2.45, 2.75) is 30.9 Å². The van der Waals surface area contributed by atoms with Crippen LogP contribution in [0.1, 0.15) is 36.0 Å². The molecule has 1 saturated carbocycles. The quantitative estimate of drug-likeness (QED) is 0.840. The highest BCUT2D eigenvalue weighted by molar-refractivity contribution is 7.90. The molecular weight excluding hydrogens is 269 g/mol. The zero-order chi connectivity index (χ0) is 13.9. The van der Waals surface area contributed by atoms with E-state index in [4.69, 9.17) is 0 Å². The number of hydrogen-bond donors (Lipinski definition) is 1. The van der Waals surface area contributed by atoms with Crippen LogP contribution in [0.3, 0.4) is 0 Å². The number of nitrogens with one attached hydrogen (secondary N) is 1. The SMILES string of the molecule is O=C(CNS(=O)(=O)C1CCCC1)c1ccc(F)cc1. The van der Waals surface area contributed by atoms with Crippen LogP contribution < -0.4 is 4.72 Å². The van der Waals surface area contributed by atoms with Crippen LogP contribution in [0.4, 0.5) is 4.39 Å². The lowest BCUT2D eigenvalue weighted by atomic mass is 10.1. The Morgan fingerprint density at radius 1 is 1.21 bits per heavy atom. The fourth-order valence-electron chi connectivity index (χ4n) is 2.22. The Hall–Kier alpha value is -1.27. The minimum Gasteiger partial charge on any atom is -0.293 e. The van der Waals surface area contributed by atoms with E-state index in [9.17, 15) is 17.6 Å². The summed E-state index contributed by atoms with van der Waals surface area (Å²) in [5.74, 6) is -0.787. The maximum absolute atomic E-state index is 12.7. The summed E-state index contributed by atoms with van der Waals surface area (Å²) in [6.07, 6.45) is 3.13. The second kappa shape index (κ2) is 5.79. The number of benzene rings is 1. The number of rotatable bonds is 5. The van der Waals surface area contributed by atoms with Crippen molar-refractivity contribution in [1.29, 1.82) is 0 Å². The van der Waals surface area contributed by atoms with Gasteiger partial charge in [0, 0.05) is 5.56 Å². The van der Waals surface area contributed by atoms with Crippen molar-refractivity contribution in [2.75, 3.05) is 6.54 Å². The molecule has 1 aliphatic rings. The van der Waals surface area contributed by atoms with Crippen LogP contribution in [-0.4, -0.2) is 26.0 Å². The summed E-state index contributed by atoms with van der Waals surface area (Å²) >= 11 is 0. The average Bonchev–Trinajstić information content (AvgIpc) is 2.91. The Morgan fingerprint density at radius 3 is 2.37 bits per heavy atom. The van der Waals surface area contributed by atoms with E-state index < -0.39 is 15.8 Å². The molecule has 0 aliphatic heterocycles. The van der Waals surface area contributed by atoms with Gasteiger partial charge in [-0.2, -0.15) is 0 Å². The van der Waals surface area contributed by atoms with Crippen LogP contribution in [0.25, 0.3) is 0 Å². The maximum Gasteiger partial charge on any atom is 0.214 e. The summed E-state index contributed by atoms with van der Waals surface area (Å²) in [7, 11) is -3.42. The monoisotopic (exact) mass is 285 g/mol. The first-order chi connectivity index (χ1) is 8.99. The van der Waals surface area contributed by atoms with Gasteiger partial charge >= 0.3 is 0 Å². The van der Waals surface area contributed by atoms with Crippen LogP contribution >= 0.6 is 0 Å². The van der Waals surface area contributed by atoms with E-state index in [0.717, 1.165) is 12.8 Å². The minimum atomic E-state index is -3.42. The Kier molecular flexibility index (Phi) is 4.31. The van der Waals surface area contributed by atoms with Crippen molar-refractivity contribution >= 4 is 15.8 Å². The van der Waals surface area contributed by atoms with Gasteiger partial charge in [0.15, 0.2) is 5.78 Å². The van der Waals surface area contributed by atoms with Gasteiger partial charge in [-0.1, -0.05) is 12.8 Å². The molecule has 2 rings (SSSR count). The molecule has 0 unspecified atom stereocenters. The van der Waals surface area contributed by atoms with Crippen LogP contribution in [-0.2, 0) is 10.0 Å². The zero-order valence-corrected chi connectivity index (χ0v) is 11.2. The zero-order valence-electron chi connectivity index (χ0n) is 10.4. The van der Waals surface area contributed by atoms with Crippen molar-refractivity contribution in [3.05, 3.63) is 35.6 Å². The first kappa shape index (κ1) is 14.1. The normalized spacial score (nSPS) is 16.7. The molecule has 1 aromatic carbocycles. The van der Waals surface area contributed by atoms with E-state index in [2.05, 4.69) is 4.72 Å². The third-order valence-corrected chi connectivity index (χ3v) is 5.24. The maximum atomic E-state index is 12.7. The number of halogens is 1. The molecule has 1 fully saturated rings. The van der Waals surface area contributed by atoms with Gasteiger partial charge < -0.3 is 0 Å². The fraction of sp³-hybridized carbons (Fsp3) is 0.462. The summed E-state index contributed by atoms with van der Waals surface area (Å²) in [5.41, 5.74) is 0.301. The van der Waals surface area contributed by atoms with Crippen LogP contribution in [0, 0.1) is 5.82 Å². The predicted octanol–water partition coefficient (Wildman–Crippen LogP) is 1.87. The summed E-state index contributed by atoms with van der Waals surface area (Å²) in [5, 5.41) is -0.381. The number of carbonyl (C=O) groups excluding carboxylic acids is 1. The summed E-state index contributed by atoms with van der Waals surface area (Å²) in [6.45, 7) is -0.273. The summed E-state index contributed by atoms with van der Waals surface area (Å²) < 4.78 is 38.8. The lowest BCUT2D eigenvalue weighted by molar-refractivity contribution is 0.0997. The molecule has 19 heavy (non-hydrogen) atoms. The third-order valence-electron chi connectivity index (χ3n) is 3.34. The van der Waals surface area contributed by atoms with Crippen molar-refractivity contribution < 1.29 is 17.6 Å². The van der Waals surface area contributed by atoms with Crippen LogP contribution in [0.15, 0.2) is 24.3 Å². The topological polar surface area (TPSA) is 63.2 Å². The molecule has 0 aromatic heterocycles. The molecule has 0 spiro atoms. The minimum absolute atomic E-state index is 0.273. The number of carbonyl (C=O) groups is 1. The van der Waals surface area contributed by atoms with E-state index in [0.29, 0.717) is 18.4 Å². The van der Waals surface area contributed by atoms with Crippen molar-refractivity contribution in [2.24, 2.45) is 0 Å². The van der Waals surface area contributed by atoms with Crippen molar-refractivity contribution in [1.82, 2.24) is 4.72 Å². The molecule has 1 N–H and O–H groups in total. The number of sulfonamides is 1. The second-order valence-electron chi connectivity index (χ2n) is 4.70. The molecular formula is C13H16FNO3S. The molecule has 0 atom stereocenters. The summed E-state index contributed by atoms with van der Waals surface area (Å²) in [6, 6.07) is 5.06. The van der Waals surface area contributed by atoms with E-state index in [1.807, 2.05) is 0 Å².